The van der Waals surface area contributed by atoms with Crippen molar-refractivity contribution in [2.75, 3.05) is 19.7 Å². The highest BCUT2D eigenvalue weighted by atomic mass is 16.5. The van der Waals surface area contributed by atoms with E-state index in [0.29, 0.717) is 18.1 Å². The van der Waals surface area contributed by atoms with E-state index in [-0.39, 0.29) is 11.7 Å². The summed E-state index contributed by atoms with van der Waals surface area (Å²) < 4.78 is 7.78. The van der Waals surface area contributed by atoms with Crippen LogP contribution in [0.25, 0.3) is 0 Å². The Hall–Kier alpha value is -1.99. The molecule has 1 saturated heterocycles. The fraction of sp³-hybridized carbons (Fsp3) is 0.562. The van der Waals surface area contributed by atoms with E-state index in [1.807, 2.05) is 11.6 Å². The van der Waals surface area contributed by atoms with E-state index in [4.69, 9.17) is 4.74 Å². The van der Waals surface area contributed by atoms with Gasteiger partial charge in [0.05, 0.1) is 18.0 Å². The number of nitrogens with one attached hydrogen (secondary N) is 1. The molecule has 2 aromatic heterocycles. The normalized spacial score (nSPS) is 19.2. The second kappa shape index (κ2) is 6.64. The van der Waals surface area contributed by atoms with Gasteiger partial charge in [-0.1, -0.05) is 0 Å². The van der Waals surface area contributed by atoms with Crippen LogP contribution in [0.4, 0.5) is 0 Å². The summed E-state index contributed by atoms with van der Waals surface area (Å²) in [5.41, 5.74) is 2.88. The Morgan fingerprint density at radius 1 is 1.43 bits per heavy atom. The third kappa shape index (κ3) is 3.68. The lowest BCUT2D eigenvalue weighted by Gasteiger charge is -2.32. The fourth-order valence-corrected chi connectivity index (χ4v) is 2.91. The summed E-state index contributed by atoms with van der Waals surface area (Å²) in [6.07, 6.45) is 1.95. The largest absolute Gasteiger partial charge is 0.369 e. The van der Waals surface area contributed by atoms with E-state index in [9.17, 15) is 4.79 Å². The Balaban J connectivity index is 1.72. The summed E-state index contributed by atoms with van der Waals surface area (Å²) in [6, 6.07) is 1.53. The van der Waals surface area contributed by atoms with Gasteiger partial charge < -0.3 is 9.72 Å². The Kier molecular flexibility index (Phi) is 4.58. The van der Waals surface area contributed by atoms with Crippen LogP contribution in [0.15, 0.2) is 17.1 Å². The van der Waals surface area contributed by atoms with Gasteiger partial charge >= 0.3 is 0 Å². The highest BCUT2D eigenvalue weighted by Gasteiger charge is 2.24. The number of H-pyrrole nitrogens is 1. The second-order valence-corrected chi connectivity index (χ2v) is 5.95. The smallest absolute Gasteiger partial charge is 0.251 e. The topological polar surface area (TPSA) is 76.0 Å². The van der Waals surface area contributed by atoms with E-state index < -0.39 is 0 Å². The van der Waals surface area contributed by atoms with E-state index >= 15 is 0 Å². The summed E-state index contributed by atoms with van der Waals surface area (Å²) in [5.74, 6) is 0.619. The van der Waals surface area contributed by atoms with Gasteiger partial charge in [0.15, 0.2) is 0 Å². The average molecular weight is 317 g/mol. The quantitative estimate of drug-likeness (QED) is 0.916. The molecular formula is C16H23N5O2. The maximum absolute atomic E-state index is 11.6. The summed E-state index contributed by atoms with van der Waals surface area (Å²) in [6.45, 7) is 9.87. The maximum atomic E-state index is 11.6. The van der Waals surface area contributed by atoms with Crippen LogP contribution in [0.3, 0.4) is 0 Å². The standard InChI is InChI=1S/C16H23N5O2/c1-4-21-9-13(11(2)19-21)8-20-5-6-23-15(10-20)14-7-16(22)18-12(3)17-14/h7,9,15H,4-6,8,10H2,1-3H3,(H,17,18,22)/t15-/m0/s1. The molecule has 7 nitrogen and oxygen atoms in total. The van der Waals surface area contributed by atoms with Crippen molar-refractivity contribution >= 4 is 0 Å². The number of aromatic nitrogens is 4. The minimum Gasteiger partial charge on any atom is -0.369 e. The molecule has 2 aromatic rings. The molecular weight excluding hydrogens is 294 g/mol. The van der Waals surface area contributed by atoms with Gasteiger partial charge in [-0.2, -0.15) is 5.10 Å². The number of aryl methyl sites for hydroxylation is 3. The molecule has 124 valence electrons. The zero-order chi connectivity index (χ0) is 16.4. The van der Waals surface area contributed by atoms with Gasteiger partial charge in [-0.3, -0.25) is 14.4 Å². The predicted molar refractivity (Wildman–Crippen MR) is 86.2 cm³/mol. The van der Waals surface area contributed by atoms with Crippen molar-refractivity contribution in [3.05, 3.63) is 45.4 Å². The minimum absolute atomic E-state index is 0.131. The molecule has 0 spiro atoms. The molecule has 0 radical (unpaired) electrons. The van der Waals surface area contributed by atoms with Crippen molar-refractivity contribution in [1.29, 1.82) is 0 Å². The van der Waals surface area contributed by atoms with Gasteiger partial charge in [0, 0.05) is 44.0 Å². The molecule has 3 heterocycles. The summed E-state index contributed by atoms with van der Waals surface area (Å²) >= 11 is 0. The third-order valence-corrected chi connectivity index (χ3v) is 4.13. The maximum Gasteiger partial charge on any atom is 0.251 e. The molecule has 1 aliphatic heterocycles. The highest BCUT2D eigenvalue weighted by Crippen LogP contribution is 2.21. The van der Waals surface area contributed by atoms with Gasteiger partial charge in [-0.25, -0.2) is 4.98 Å². The molecule has 1 aliphatic rings. The van der Waals surface area contributed by atoms with Crippen LogP contribution >= 0.6 is 0 Å². The van der Waals surface area contributed by atoms with Gasteiger partial charge in [0.25, 0.3) is 5.56 Å². The van der Waals surface area contributed by atoms with Crippen LogP contribution in [0.1, 0.15) is 35.8 Å². The first-order valence-corrected chi connectivity index (χ1v) is 8.00. The van der Waals surface area contributed by atoms with Crippen LogP contribution in [0.2, 0.25) is 0 Å². The summed E-state index contributed by atoms with van der Waals surface area (Å²) in [4.78, 5) is 21.0. The van der Waals surface area contributed by atoms with Gasteiger partial charge in [0.1, 0.15) is 11.9 Å². The fourth-order valence-electron chi connectivity index (χ4n) is 2.91. The molecule has 0 bridgehead atoms. The average Bonchev–Trinajstić information content (AvgIpc) is 2.87. The second-order valence-electron chi connectivity index (χ2n) is 5.95. The summed E-state index contributed by atoms with van der Waals surface area (Å²) in [7, 11) is 0. The van der Waals surface area contributed by atoms with Gasteiger partial charge in [-0.05, 0) is 20.8 Å². The molecule has 0 aliphatic carbocycles. The lowest BCUT2D eigenvalue weighted by Crippen LogP contribution is -2.38. The van der Waals surface area contributed by atoms with Gasteiger partial charge in [-0.15, -0.1) is 0 Å². The number of morpholine rings is 1. The zero-order valence-corrected chi connectivity index (χ0v) is 13.9. The number of rotatable bonds is 4. The molecule has 0 amide bonds. The molecule has 0 unspecified atom stereocenters. The minimum atomic E-state index is -0.161. The lowest BCUT2D eigenvalue weighted by molar-refractivity contribution is -0.0352. The molecule has 23 heavy (non-hydrogen) atoms. The van der Waals surface area contributed by atoms with Crippen molar-refractivity contribution in [3.8, 4) is 0 Å². The zero-order valence-electron chi connectivity index (χ0n) is 13.9. The molecule has 1 atom stereocenters. The van der Waals surface area contributed by atoms with E-state index in [1.54, 1.807) is 6.92 Å². The predicted octanol–water partition coefficient (Wildman–Crippen LogP) is 1.18. The Labute approximate surface area is 135 Å². The van der Waals surface area contributed by atoms with Crippen molar-refractivity contribution in [1.82, 2.24) is 24.6 Å². The number of hydrogen-bond donors (Lipinski definition) is 1. The van der Waals surface area contributed by atoms with Crippen molar-refractivity contribution in [2.24, 2.45) is 0 Å². The first-order chi connectivity index (χ1) is 11.0. The van der Waals surface area contributed by atoms with Gasteiger partial charge in [0.2, 0.25) is 0 Å². The summed E-state index contributed by atoms with van der Waals surface area (Å²) in [5, 5.41) is 4.50. The Morgan fingerprint density at radius 3 is 2.96 bits per heavy atom. The first-order valence-electron chi connectivity index (χ1n) is 8.00. The third-order valence-electron chi connectivity index (χ3n) is 4.13. The SMILES string of the molecule is CCn1cc(CN2CCO[C@H](c3cc(=O)[nH]c(C)n3)C2)c(C)n1. The first kappa shape index (κ1) is 15.9. The van der Waals surface area contributed by atoms with Crippen LogP contribution < -0.4 is 5.56 Å². The van der Waals surface area contributed by atoms with E-state index in [0.717, 1.165) is 31.9 Å². The van der Waals surface area contributed by atoms with Crippen LogP contribution in [-0.4, -0.2) is 44.3 Å². The monoisotopic (exact) mass is 317 g/mol. The van der Waals surface area contributed by atoms with Crippen LogP contribution in [-0.2, 0) is 17.8 Å². The van der Waals surface area contributed by atoms with Crippen LogP contribution in [0.5, 0.6) is 0 Å². The molecule has 3 rings (SSSR count). The molecule has 1 fully saturated rings. The highest BCUT2D eigenvalue weighted by molar-refractivity contribution is 5.16. The number of aromatic amines is 1. The Morgan fingerprint density at radius 2 is 2.26 bits per heavy atom. The number of ether oxygens (including phenoxy) is 1. The van der Waals surface area contributed by atoms with Crippen LogP contribution in [0, 0.1) is 13.8 Å². The molecule has 0 aromatic carbocycles. The van der Waals surface area contributed by atoms with E-state index in [2.05, 4.69) is 33.1 Å². The lowest BCUT2D eigenvalue weighted by atomic mass is 10.1. The molecule has 7 heteroatoms. The number of nitrogens with zero attached hydrogens (tertiary/aromatic N) is 4. The van der Waals surface area contributed by atoms with Crippen molar-refractivity contribution < 1.29 is 4.74 Å². The number of hydrogen-bond acceptors (Lipinski definition) is 5. The molecule has 1 N–H and O–H groups in total. The Bertz CT molecular complexity index is 736. The molecule has 0 saturated carbocycles. The van der Waals surface area contributed by atoms with Crippen molar-refractivity contribution in [2.45, 2.75) is 40.0 Å². The van der Waals surface area contributed by atoms with E-state index in [1.165, 1.54) is 11.6 Å². The van der Waals surface area contributed by atoms with Crippen molar-refractivity contribution in [3.63, 3.8) is 0 Å².